The molecule has 0 saturated carbocycles. The second-order valence-corrected chi connectivity index (χ2v) is 7.60. The highest BCUT2D eigenvalue weighted by Gasteiger charge is 2.44. The molecule has 25 heavy (non-hydrogen) atoms. The predicted octanol–water partition coefficient (Wildman–Crippen LogP) is 3.95. The van der Waals surface area contributed by atoms with Gasteiger partial charge in [-0.1, -0.05) is 18.2 Å². The summed E-state index contributed by atoms with van der Waals surface area (Å²) in [5.74, 6) is -1.69. The van der Waals surface area contributed by atoms with Crippen molar-refractivity contribution < 1.29 is 22.5 Å². The molecule has 1 aliphatic rings. The number of hydrogen-bond donors (Lipinski definition) is 0. The monoisotopic (exact) mass is 362 g/mol. The molecular weight excluding hydrogens is 346 g/mol. The van der Waals surface area contributed by atoms with Crippen molar-refractivity contribution in [3.63, 3.8) is 0 Å². The van der Waals surface area contributed by atoms with Gasteiger partial charge in [-0.15, -0.1) is 0 Å². The molecule has 1 aliphatic heterocycles. The van der Waals surface area contributed by atoms with Crippen molar-refractivity contribution in [3.05, 3.63) is 65.2 Å². The molecule has 3 rings (SSSR count). The lowest BCUT2D eigenvalue weighted by Gasteiger charge is -2.18. The smallest absolute Gasteiger partial charge is 0.210 e. The minimum atomic E-state index is -1.34. The number of benzene rings is 2. The van der Waals surface area contributed by atoms with E-state index in [0.29, 0.717) is 4.90 Å². The standard InChI is InChI=1S/C19H16F2O3S/c1-19(2)18(22)16(12-6-4-5-7-14(12)20)17(24-19)13-9-8-11(25(3)23)10-15(13)21/h4-10H,1-3H3. The van der Waals surface area contributed by atoms with Gasteiger partial charge in [0.1, 0.15) is 17.4 Å². The summed E-state index contributed by atoms with van der Waals surface area (Å²) in [6.45, 7) is 3.10. The van der Waals surface area contributed by atoms with Gasteiger partial charge in [0.25, 0.3) is 0 Å². The van der Waals surface area contributed by atoms with E-state index in [9.17, 15) is 17.8 Å². The zero-order valence-corrected chi connectivity index (χ0v) is 14.7. The maximum absolute atomic E-state index is 14.6. The quantitative estimate of drug-likeness (QED) is 0.830. The summed E-state index contributed by atoms with van der Waals surface area (Å²) < 4.78 is 46.0. The molecule has 0 amide bonds. The second-order valence-electron chi connectivity index (χ2n) is 6.22. The van der Waals surface area contributed by atoms with E-state index in [0.717, 1.165) is 6.07 Å². The third-order valence-corrected chi connectivity index (χ3v) is 4.94. The normalized spacial score (nSPS) is 17.6. The maximum Gasteiger partial charge on any atom is 0.210 e. The maximum atomic E-state index is 14.6. The van der Waals surface area contributed by atoms with E-state index < -0.39 is 33.8 Å². The van der Waals surface area contributed by atoms with Crippen LogP contribution in [0, 0.1) is 11.6 Å². The van der Waals surface area contributed by atoms with Gasteiger partial charge < -0.3 is 4.74 Å². The fourth-order valence-electron chi connectivity index (χ4n) is 2.71. The van der Waals surface area contributed by atoms with Crippen LogP contribution in [0.4, 0.5) is 8.78 Å². The molecule has 0 saturated heterocycles. The van der Waals surface area contributed by atoms with Gasteiger partial charge >= 0.3 is 0 Å². The Balaban J connectivity index is 2.25. The van der Waals surface area contributed by atoms with Crippen molar-refractivity contribution in [2.45, 2.75) is 24.3 Å². The summed E-state index contributed by atoms with van der Waals surface area (Å²) >= 11 is 0. The number of ether oxygens (including phenoxy) is 1. The fraction of sp³-hybridized carbons (Fsp3) is 0.211. The van der Waals surface area contributed by atoms with Crippen molar-refractivity contribution in [3.8, 4) is 0 Å². The molecule has 2 aromatic rings. The molecule has 0 bridgehead atoms. The predicted molar refractivity (Wildman–Crippen MR) is 92.1 cm³/mol. The van der Waals surface area contributed by atoms with Crippen LogP contribution in [0.25, 0.3) is 11.3 Å². The van der Waals surface area contributed by atoms with Crippen molar-refractivity contribution in [2.75, 3.05) is 6.26 Å². The summed E-state index contributed by atoms with van der Waals surface area (Å²) in [6.07, 6.45) is 1.44. The van der Waals surface area contributed by atoms with Crippen molar-refractivity contribution in [1.82, 2.24) is 0 Å². The Hall–Kier alpha value is -2.34. The molecule has 0 radical (unpaired) electrons. The van der Waals surface area contributed by atoms with E-state index in [1.54, 1.807) is 19.9 Å². The van der Waals surface area contributed by atoms with Crippen LogP contribution in [-0.4, -0.2) is 21.8 Å². The van der Waals surface area contributed by atoms with Crippen LogP contribution in [0.1, 0.15) is 25.0 Å². The summed E-state index contributed by atoms with van der Waals surface area (Å²) in [5.41, 5.74) is -1.12. The lowest BCUT2D eigenvalue weighted by atomic mass is 9.92. The first kappa shape index (κ1) is 17.5. The lowest BCUT2D eigenvalue weighted by Crippen LogP contribution is -2.29. The SMILES string of the molecule is CS(=O)c1ccc(C2=C(c3ccccc3F)C(=O)C(C)(C)O2)c(F)c1. The van der Waals surface area contributed by atoms with Gasteiger partial charge in [0, 0.05) is 27.5 Å². The topological polar surface area (TPSA) is 43.4 Å². The largest absolute Gasteiger partial charge is 0.478 e. The highest BCUT2D eigenvalue weighted by molar-refractivity contribution is 7.84. The molecule has 6 heteroatoms. The zero-order chi connectivity index (χ0) is 18.4. The highest BCUT2D eigenvalue weighted by atomic mass is 32.2. The third-order valence-electron chi connectivity index (χ3n) is 4.02. The Morgan fingerprint density at radius 2 is 1.68 bits per heavy atom. The molecule has 0 N–H and O–H groups in total. The highest BCUT2D eigenvalue weighted by Crippen LogP contribution is 2.42. The van der Waals surface area contributed by atoms with Crippen molar-refractivity contribution >= 4 is 27.9 Å². The van der Waals surface area contributed by atoms with Gasteiger partial charge in [-0.25, -0.2) is 8.78 Å². The van der Waals surface area contributed by atoms with Gasteiger partial charge in [-0.2, -0.15) is 0 Å². The summed E-state index contributed by atoms with van der Waals surface area (Å²) in [7, 11) is -1.34. The molecule has 1 atom stereocenters. The first-order valence-electron chi connectivity index (χ1n) is 7.58. The molecule has 3 nitrogen and oxygen atoms in total. The molecular formula is C19H16F2O3S. The molecule has 1 heterocycles. The molecule has 2 aromatic carbocycles. The van der Waals surface area contributed by atoms with E-state index in [4.69, 9.17) is 4.74 Å². The average Bonchev–Trinajstić information content (AvgIpc) is 2.78. The molecule has 0 aliphatic carbocycles. The molecule has 0 fully saturated rings. The van der Waals surface area contributed by atoms with E-state index in [1.807, 2.05) is 0 Å². The molecule has 0 aromatic heterocycles. The van der Waals surface area contributed by atoms with E-state index in [1.165, 1.54) is 36.6 Å². The average molecular weight is 362 g/mol. The Bertz CT molecular complexity index is 932. The van der Waals surface area contributed by atoms with E-state index in [2.05, 4.69) is 0 Å². The van der Waals surface area contributed by atoms with Crippen LogP contribution in [0.3, 0.4) is 0 Å². The van der Waals surface area contributed by atoms with Gasteiger partial charge in [0.2, 0.25) is 5.78 Å². The van der Waals surface area contributed by atoms with Crippen LogP contribution in [0.15, 0.2) is 47.4 Å². The van der Waals surface area contributed by atoms with Crippen LogP contribution >= 0.6 is 0 Å². The number of hydrogen-bond acceptors (Lipinski definition) is 3. The van der Waals surface area contributed by atoms with Gasteiger partial charge in [-0.05, 0) is 38.1 Å². The molecule has 130 valence electrons. The van der Waals surface area contributed by atoms with Crippen LogP contribution in [0.5, 0.6) is 0 Å². The minimum absolute atomic E-state index is 0.00682. The number of carbonyl (C=O) groups excluding carboxylic acids is 1. The Labute approximate surface area is 146 Å². The van der Waals surface area contributed by atoms with Crippen molar-refractivity contribution in [2.24, 2.45) is 0 Å². The number of ketones is 1. The molecule has 0 spiro atoms. The van der Waals surface area contributed by atoms with Crippen LogP contribution in [-0.2, 0) is 20.3 Å². The fourth-order valence-corrected chi connectivity index (χ4v) is 3.24. The zero-order valence-electron chi connectivity index (χ0n) is 13.9. The number of carbonyl (C=O) groups is 1. The van der Waals surface area contributed by atoms with E-state index in [-0.39, 0.29) is 22.5 Å². The van der Waals surface area contributed by atoms with Gasteiger partial charge in [-0.3, -0.25) is 9.00 Å². The Morgan fingerprint density at radius 3 is 2.28 bits per heavy atom. The number of halogens is 2. The van der Waals surface area contributed by atoms with Gasteiger partial charge in [0.05, 0.1) is 11.1 Å². The molecule has 1 unspecified atom stereocenters. The van der Waals surface area contributed by atoms with Crippen molar-refractivity contribution in [1.29, 1.82) is 0 Å². The van der Waals surface area contributed by atoms with Crippen LogP contribution < -0.4 is 0 Å². The van der Waals surface area contributed by atoms with Crippen LogP contribution in [0.2, 0.25) is 0 Å². The summed E-state index contributed by atoms with van der Waals surface area (Å²) in [5, 5.41) is 0. The third kappa shape index (κ3) is 3.02. The van der Waals surface area contributed by atoms with E-state index >= 15 is 0 Å². The second kappa shape index (κ2) is 6.19. The summed E-state index contributed by atoms with van der Waals surface area (Å²) in [4.78, 5) is 13.0. The lowest BCUT2D eigenvalue weighted by molar-refractivity contribution is -0.125. The number of rotatable bonds is 3. The Morgan fingerprint density at radius 1 is 1.00 bits per heavy atom. The Kier molecular flexibility index (Phi) is 4.33. The first-order chi connectivity index (χ1) is 11.7. The number of Topliss-reactive ketones (excluding diaryl/α,β-unsaturated/α-hetero) is 1. The first-order valence-corrected chi connectivity index (χ1v) is 9.14. The summed E-state index contributed by atoms with van der Waals surface area (Å²) in [6, 6.07) is 9.84. The minimum Gasteiger partial charge on any atom is -0.478 e. The van der Waals surface area contributed by atoms with Gasteiger partial charge in [0.15, 0.2) is 5.60 Å².